The number of halogens is 2. The summed E-state index contributed by atoms with van der Waals surface area (Å²) in [5, 5.41) is 4.65. The quantitative estimate of drug-likeness (QED) is 0.256. The van der Waals surface area contributed by atoms with Crippen molar-refractivity contribution in [2.24, 2.45) is 0 Å². The number of nitrogens with one attached hydrogen (secondary N) is 1. The normalized spacial score (nSPS) is 12.1. The van der Waals surface area contributed by atoms with Gasteiger partial charge in [-0.2, -0.15) is 0 Å². The zero-order valence-corrected chi connectivity index (χ0v) is 20.2. The van der Waals surface area contributed by atoms with Gasteiger partial charge in [-0.25, -0.2) is 19.3 Å². The molecule has 3 heterocycles. The summed E-state index contributed by atoms with van der Waals surface area (Å²) in [6.07, 6.45) is 3.32. The van der Waals surface area contributed by atoms with E-state index in [9.17, 15) is 4.39 Å². The number of nitrogens with zero attached hydrogens (tertiary/aromatic N) is 3. The number of benzene rings is 2. The van der Waals surface area contributed by atoms with Crippen LogP contribution in [0.5, 0.6) is 0 Å². The van der Waals surface area contributed by atoms with Gasteiger partial charge in [-0.15, -0.1) is 0 Å². The van der Waals surface area contributed by atoms with E-state index in [0.29, 0.717) is 28.5 Å². The van der Waals surface area contributed by atoms with Gasteiger partial charge in [0.25, 0.3) is 0 Å². The molecule has 0 aliphatic rings. The maximum atomic E-state index is 14.5. The van der Waals surface area contributed by atoms with Crippen LogP contribution in [-0.4, -0.2) is 15.0 Å². The molecule has 0 amide bonds. The maximum Gasteiger partial charge on any atom is 0.151 e. The topological polar surface area (TPSA) is 89.9 Å². The van der Waals surface area contributed by atoms with Crippen LogP contribution in [-0.2, 0) is 0 Å². The van der Waals surface area contributed by atoms with Gasteiger partial charge in [0.15, 0.2) is 5.15 Å². The van der Waals surface area contributed by atoms with E-state index in [2.05, 4.69) is 26.3 Å². The number of pyridine rings is 1. The third kappa shape index (κ3) is 4.68. The fourth-order valence-corrected chi connectivity index (χ4v) is 4.17. The first-order valence-corrected chi connectivity index (χ1v) is 11.5. The molecule has 0 bridgehead atoms. The Morgan fingerprint density at radius 1 is 1.00 bits per heavy atom. The molecule has 0 fully saturated rings. The Labute approximate surface area is 207 Å². The zero-order valence-electron chi connectivity index (χ0n) is 19.4. The van der Waals surface area contributed by atoms with E-state index in [4.69, 9.17) is 21.8 Å². The molecule has 3 N–H and O–H groups in total. The molecule has 8 heteroatoms. The third-order valence-corrected chi connectivity index (χ3v) is 6.20. The average Bonchev–Trinajstić information content (AvgIpc) is 3.20. The first-order chi connectivity index (χ1) is 16.8. The first kappa shape index (κ1) is 22.8. The van der Waals surface area contributed by atoms with Crippen molar-refractivity contribution in [3.8, 4) is 22.4 Å². The van der Waals surface area contributed by atoms with Crippen LogP contribution in [0.4, 0.5) is 15.9 Å². The van der Waals surface area contributed by atoms with Crippen LogP contribution in [0.15, 0.2) is 65.4 Å². The van der Waals surface area contributed by atoms with Crippen molar-refractivity contribution in [3.05, 3.63) is 88.9 Å². The predicted molar refractivity (Wildman–Crippen MR) is 138 cm³/mol. The summed E-state index contributed by atoms with van der Waals surface area (Å²) >= 11 is 5.93. The smallest absolute Gasteiger partial charge is 0.151 e. The van der Waals surface area contributed by atoms with Gasteiger partial charge >= 0.3 is 0 Å². The molecule has 6 nitrogen and oxygen atoms in total. The largest absolute Gasteiger partial charge is 0.464 e. The fourth-order valence-electron chi connectivity index (χ4n) is 4.06. The van der Waals surface area contributed by atoms with Gasteiger partial charge in [-0.3, -0.25) is 0 Å². The summed E-state index contributed by atoms with van der Waals surface area (Å²) in [6.45, 7) is 5.81. The number of aryl methyl sites for hydroxylation is 2. The third-order valence-electron chi connectivity index (χ3n) is 5.88. The summed E-state index contributed by atoms with van der Waals surface area (Å²) in [6, 6.07) is 14.2. The second-order valence-corrected chi connectivity index (χ2v) is 8.92. The van der Waals surface area contributed by atoms with Gasteiger partial charge in [-0.05, 0) is 79.9 Å². The molecule has 176 valence electrons. The predicted octanol–water partition coefficient (Wildman–Crippen LogP) is 7.12. The lowest BCUT2D eigenvalue weighted by atomic mass is 10.0. The van der Waals surface area contributed by atoms with Crippen molar-refractivity contribution in [2.75, 3.05) is 11.1 Å². The number of furan rings is 1. The molecular formula is C27H23ClFN5O. The lowest BCUT2D eigenvalue weighted by molar-refractivity contribution is 0.613. The van der Waals surface area contributed by atoms with Crippen LogP contribution in [0.3, 0.4) is 0 Å². The summed E-state index contributed by atoms with van der Waals surface area (Å²) < 4.78 is 20.1. The molecule has 0 radical (unpaired) electrons. The monoisotopic (exact) mass is 487 g/mol. The van der Waals surface area contributed by atoms with E-state index >= 15 is 0 Å². The highest BCUT2D eigenvalue weighted by molar-refractivity contribution is 6.31. The van der Waals surface area contributed by atoms with Crippen LogP contribution < -0.4 is 11.1 Å². The Morgan fingerprint density at radius 3 is 2.63 bits per heavy atom. The van der Waals surface area contributed by atoms with E-state index in [0.717, 1.165) is 33.4 Å². The molecule has 2 aromatic carbocycles. The second kappa shape index (κ2) is 9.00. The molecule has 3 aromatic heterocycles. The number of nitrogen functional groups attached to an aromatic ring is 1. The molecule has 0 saturated heterocycles. The molecule has 5 aromatic rings. The van der Waals surface area contributed by atoms with E-state index in [-0.39, 0.29) is 17.0 Å². The fraction of sp³-hybridized carbons (Fsp3) is 0.148. The van der Waals surface area contributed by atoms with Crippen molar-refractivity contribution in [3.63, 3.8) is 0 Å². The highest BCUT2D eigenvalue weighted by atomic mass is 35.5. The van der Waals surface area contributed by atoms with Gasteiger partial charge in [0.1, 0.15) is 23.0 Å². The van der Waals surface area contributed by atoms with Crippen molar-refractivity contribution >= 4 is 34.1 Å². The van der Waals surface area contributed by atoms with Crippen molar-refractivity contribution in [2.45, 2.75) is 26.8 Å². The Bertz CT molecular complexity index is 1570. The molecule has 0 aliphatic carbocycles. The zero-order chi connectivity index (χ0) is 24.7. The lowest BCUT2D eigenvalue weighted by Crippen LogP contribution is -2.10. The van der Waals surface area contributed by atoms with E-state index < -0.39 is 0 Å². The van der Waals surface area contributed by atoms with Gasteiger partial charge in [-0.1, -0.05) is 11.6 Å². The molecule has 5 rings (SSSR count). The SMILES string of the molecule is Cc1nc(NC(C)c2cc(F)cc(-c3cnc(Cl)c(N)c3)c2)cc(-c2ccc3occ(C)c3c2)n1. The number of anilines is 2. The van der Waals surface area contributed by atoms with Crippen LogP contribution in [0.25, 0.3) is 33.4 Å². The summed E-state index contributed by atoms with van der Waals surface area (Å²) in [4.78, 5) is 13.2. The van der Waals surface area contributed by atoms with E-state index in [1.165, 1.54) is 12.1 Å². The number of hydrogen-bond donors (Lipinski definition) is 2. The van der Waals surface area contributed by atoms with Gasteiger partial charge < -0.3 is 15.5 Å². The first-order valence-electron chi connectivity index (χ1n) is 11.1. The van der Waals surface area contributed by atoms with Crippen LogP contribution in [0, 0.1) is 19.7 Å². The molecule has 1 unspecified atom stereocenters. The Hall–Kier alpha value is -3.97. The number of fused-ring (bicyclic) bond motifs is 1. The summed E-state index contributed by atoms with van der Waals surface area (Å²) in [5.41, 5.74) is 12.0. The van der Waals surface area contributed by atoms with Crippen LogP contribution in [0.2, 0.25) is 5.15 Å². The number of aromatic nitrogens is 3. The molecule has 0 saturated carbocycles. The Kier molecular flexibility index (Phi) is 5.86. The van der Waals surface area contributed by atoms with Gasteiger partial charge in [0, 0.05) is 28.8 Å². The minimum Gasteiger partial charge on any atom is -0.464 e. The highest BCUT2D eigenvalue weighted by Crippen LogP contribution is 2.31. The van der Waals surface area contributed by atoms with Crippen LogP contribution >= 0.6 is 11.6 Å². The Balaban J connectivity index is 1.45. The Morgan fingerprint density at radius 2 is 1.83 bits per heavy atom. The van der Waals surface area contributed by atoms with Gasteiger partial charge in [0.05, 0.1) is 23.7 Å². The lowest BCUT2D eigenvalue weighted by Gasteiger charge is -2.17. The maximum absolute atomic E-state index is 14.5. The van der Waals surface area contributed by atoms with Crippen molar-refractivity contribution in [1.82, 2.24) is 15.0 Å². The number of rotatable bonds is 5. The molecule has 1 atom stereocenters. The molecule has 0 aliphatic heterocycles. The minimum absolute atomic E-state index is 0.220. The molecule has 35 heavy (non-hydrogen) atoms. The molecular weight excluding hydrogens is 465 g/mol. The second-order valence-electron chi connectivity index (χ2n) is 8.56. The average molecular weight is 488 g/mol. The minimum atomic E-state index is -0.358. The van der Waals surface area contributed by atoms with E-state index in [1.54, 1.807) is 18.5 Å². The van der Waals surface area contributed by atoms with Crippen molar-refractivity contribution < 1.29 is 8.81 Å². The summed E-state index contributed by atoms with van der Waals surface area (Å²) in [5.74, 6) is 0.916. The van der Waals surface area contributed by atoms with Crippen molar-refractivity contribution in [1.29, 1.82) is 0 Å². The highest BCUT2D eigenvalue weighted by Gasteiger charge is 2.14. The number of hydrogen-bond acceptors (Lipinski definition) is 6. The standard InChI is InChI=1S/C27H23ClFN5O/c1-14-13-35-25-5-4-17(9-22(14)25)24-11-26(34-16(3)33-24)32-15(2)18-6-19(8-21(29)7-18)20-10-23(30)27(28)31-12-20/h4-13,15H,30H2,1-3H3,(H,32,33,34). The summed E-state index contributed by atoms with van der Waals surface area (Å²) in [7, 11) is 0. The molecule has 0 spiro atoms. The van der Waals surface area contributed by atoms with Crippen LogP contribution in [0.1, 0.15) is 29.9 Å². The van der Waals surface area contributed by atoms with Gasteiger partial charge in [0.2, 0.25) is 0 Å². The van der Waals surface area contributed by atoms with E-state index in [1.807, 2.05) is 45.0 Å². The number of nitrogens with two attached hydrogens (primary N) is 1.